The maximum atomic E-state index is 5.79. The van der Waals surface area contributed by atoms with Crippen molar-refractivity contribution in [2.24, 2.45) is 0 Å². The molecule has 0 saturated carbocycles. The lowest BCUT2D eigenvalue weighted by Gasteiger charge is -2.23. The zero-order valence-corrected chi connectivity index (χ0v) is 11.0. The lowest BCUT2D eigenvalue weighted by Crippen LogP contribution is -2.29. The van der Waals surface area contributed by atoms with Crippen molar-refractivity contribution in [1.29, 1.82) is 0 Å². The zero-order valence-electron chi connectivity index (χ0n) is 11.0. The van der Waals surface area contributed by atoms with Crippen molar-refractivity contribution >= 4 is 22.7 Å². The molecule has 1 fully saturated rings. The molecule has 0 bridgehead atoms. The monoisotopic (exact) mass is 258 g/mol. The van der Waals surface area contributed by atoms with Crippen LogP contribution in [0.2, 0.25) is 0 Å². The van der Waals surface area contributed by atoms with Crippen molar-refractivity contribution in [2.45, 2.75) is 18.9 Å². The number of ether oxygens (including phenoxy) is 1. The number of benzene rings is 1. The Hall–Kier alpha value is -1.88. The number of hydrogen-bond acceptors (Lipinski definition) is 5. The van der Waals surface area contributed by atoms with Crippen molar-refractivity contribution in [3.05, 3.63) is 24.3 Å². The highest BCUT2D eigenvalue weighted by Crippen LogP contribution is 2.25. The number of hydrogen-bond donors (Lipinski definition) is 1. The van der Waals surface area contributed by atoms with Gasteiger partial charge in [0, 0.05) is 25.6 Å². The summed E-state index contributed by atoms with van der Waals surface area (Å²) in [5, 5.41) is 1.03. The summed E-state index contributed by atoms with van der Waals surface area (Å²) in [6, 6.07) is 7.93. The van der Waals surface area contributed by atoms with Gasteiger partial charge in [-0.05, 0) is 25.0 Å². The molecule has 2 heterocycles. The Labute approximate surface area is 112 Å². The highest BCUT2D eigenvalue weighted by Gasteiger charge is 2.19. The number of rotatable bonds is 3. The van der Waals surface area contributed by atoms with Gasteiger partial charge in [-0.2, -0.15) is 4.98 Å². The first-order valence-corrected chi connectivity index (χ1v) is 6.59. The van der Waals surface area contributed by atoms with E-state index in [1.54, 1.807) is 0 Å². The van der Waals surface area contributed by atoms with E-state index in [4.69, 9.17) is 10.5 Å². The minimum Gasteiger partial charge on any atom is -0.376 e. The molecule has 19 heavy (non-hydrogen) atoms. The van der Waals surface area contributed by atoms with E-state index in [0.717, 1.165) is 42.7 Å². The van der Waals surface area contributed by atoms with E-state index in [2.05, 4.69) is 14.9 Å². The van der Waals surface area contributed by atoms with E-state index < -0.39 is 0 Å². The van der Waals surface area contributed by atoms with Gasteiger partial charge in [-0.1, -0.05) is 12.1 Å². The summed E-state index contributed by atoms with van der Waals surface area (Å²) in [6.45, 7) is 1.70. The number of likely N-dealkylation sites (N-methyl/N-ethyl adjacent to an activating group) is 1. The van der Waals surface area contributed by atoms with Crippen LogP contribution in [0.3, 0.4) is 0 Å². The molecule has 3 rings (SSSR count). The van der Waals surface area contributed by atoms with E-state index in [9.17, 15) is 0 Å². The number of fused-ring (bicyclic) bond motifs is 1. The summed E-state index contributed by atoms with van der Waals surface area (Å²) in [5.41, 5.74) is 6.67. The average molecular weight is 258 g/mol. The minimum atomic E-state index is 0.292. The van der Waals surface area contributed by atoms with Gasteiger partial charge in [-0.25, -0.2) is 4.98 Å². The molecule has 1 unspecified atom stereocenters. The third-order valence-corrected chi connectivity index (χ3v) is 3.46. The molecule has 2 aromatic rings. The van der Waals surface area contributed by atoms with Gasteiger partial charge in [-0.15, -0.1) is 0 Å². The van der Waals surface area contributed by atoms with Crippen molar-refractivity contribution < 1.29 is 4.74 Å². The van der Waals surface area contributed by atoms with Crippen molar-refractivity contribution in [2.75, 3.05) is 30.8 Å². The molecule has 1 aliphatic heterocycles. The molecule has 0 spiro atoms. The van der Waals surface area contributed by atoms with Gasteiger partial charge in [0.25, 0.3) is 0 Å². The molecule has 1 aliphatic rings. The van der Waals surface area contributed by atoms with Gasteiger partial charge >= 0.3 is 0 Å². The van der Waals surface area contributed by atoms with Crippen molar-refractivity contribution in [1.82, 2.24) is 9.97 Å². The van der Waals surface area contributed by atoms with Crippen LogP contribution in [-0.2, 0) is 4.74 Å². The highest BCUT2D eigenvalue weighted by molar-refractivity contribution is 5.90. The average Bonchev–Trinajstić information content (AvgIpc) is 2.90. The van der Waals surface area contributed by atoms with Crippen molar-refractivity contribution in [3.63, 3.8) is 0 Å². The maximum Gasteiger partial charge on any atom is 0.222 e. The third kappa shape index (κ3) is 2.46. The highest BCUT2D eigenvalue weighted by atomic mass is 16.5. The van der Waals surface area contributed by atoms with Gasteiger partial charge in [0.2, 0.25) is 5.95 Å². The second kappa shape index (κ2) is 5.01. The fourth-order valence-electron chi connectivity index (χ4n) is 2.55. The molecule has 5 nitrogen and oxygen atoms in total. The molecule has 0 radical (unpaired) electrons. The van der Waals surface area contributed by atoms with Gasteiger partial charge in [0.15, 0.2) is 0 Å². The second-order valence-electron chi connectivity index (χ2n) is 4.94. The van der Waals surface area contributed by atoms with Crippen LogP contribution in [0.25, 0.3) is 10.9 Å². The minimum absolute atomic E-state index is 0.292. The van der Waals surface area contributed by atoms with Gasteiger partial charge in [-0.3, -0.25) is 0 Å². The van der Waals surface area contributed by atoms with Crippen LogP contribution in [0.1, 0.15) is 12.8 Å². The summed E-state index contributed by atoms with van der Waals surface area (Å²) in [5.74, 6) is 1.19. The predicted octanol–water partition coefficient (Wildman–Crippen LogP) is 1.83. The lowest BCUT2D eigenvalue weighted by molar-refractivity contribution is 0.116. The third-order valence-electron chi connectivity index (χ3n) is 3.46. The fourth-order valence-corrected chi connectivity index (χ4v) is 2.55. The fraction of sp³-hybridized carbons (Fsp3) is 0.429. The number of nitrogen functional groups attached to an aromatic ring is 1. The standard InChI is InChI=1S/C14H18N4O/c1-18(9-10-5-4-8-19-10)13-11-6-2-3-7-12(11)16-14(15)17-13/h2-3,6-7,10H,4-5,8-9H2,1H3,(H2,15,16,17). The quantitative estimate of drug-likeness (QED) is 0.910. The second-order valence-corrected chi connectivity index (χ2v) is 4.94. The number of para-hydroxylation sites is 1. The molecule has 0 aliphatic carbocycles. The van der Waals surface area contributed by atoms with Crippen LogP contribution in [0.15, 0.2) is 24.3 Å². The smallest absolute Gasteiger partial charge is 0.222 e. The van der Waals surface area contributed by atoms with Crippen LogP contribution >= 0.6 is 0 Å². The van der Waals surface area contributed by atoms with Crippen molar-refractivity contribution in [3.8, 4) is 0 Å². The molecule has 1 saturated heterocycles. The van der Waals surface area contributed by atoms with E-state index in [1.807, 2.05) is 31.3 Å². The van der Waals surface area contributed by atoms with Gasteiger partial charge in [0.1, 0.15) is 5.82 Å². The summed E-state index contributed by atoms with van der Waals surface area (Å²) in [6.07, 6.45) is 2.55. The topological polar surface area (TPSA) is 64.3 Å². The first-order valence-electron chi connectivity index (χ1n) is 6.59. The van der Waals surface area contributed by atoms with E-state index in [0.29, 0.717) is 12.1 Å². The first-order chi connectivity index (χ1) is 9.24. The molecular formula is C14H18N4O. The normalized spacial score (nSPS) is 18.9. The lowest BCUT2D eigenvalue weighted by atomic mass is 10.2. The Morgan fingerprint density at radius 1 is 1.37 bits per heavy atom. The molecule has 0 amide bonds. The van der Waals surface area contributed by atoms with Crippen LogP contribution in [0.4, 0.5) is 11.8 Å². The van der Waals surface area contributed by atoms with Gasteiger partial charge in [0.05, 0.1) is 11.6 Å². The Kier molecular flexibility index (Phi) is 3.21. The molecule has 100 valence electrons. The first kappa shape index (κ1) is 12.2. The predicted molar refractivity (Wildman–Crippen MR) is 76.2 cm³/mol. The van der Waals surface area contributed by atoms with Gasteiger partial charge < -0.3 is 15.4 Å². The number of anilines is 2. The van der Waals surface area contributed by atoms with E-state index in [1.165, 1.54) is 0 Å². The summed E-state index contributed by atoms with van der Waals surface area (Å²) in [7, 11) is 2.02. The SMILES string of the molecule is CN(CC1CCCO1)c1nc(N)nc2ccccc12. The van der Waals surface area contributed by atoms with Crippen LogP contribution in [0, 0.1) is 0 Å². The molecule has 1 aromatic heterocycles. The van der Waals surface area contributed by atoms with Crippen LogP contribution < -0.4 is 10.6 Å². The summed E-state index contributed by atoms with van der Waals surface area (Å²) >= 11 is 0. The maximum absolute atomic E-state index is 5.79. The molecule has 1 atom stereocenters. The van der Waals surface area contributed by atoms with E-state index in [-0.39, 0.29) is 0 Å². The van der Waals surface area contributed by atoms with E-state index >= 15 is 0 Å². The van der Waals surface area contributed by atoms with Crippen LogP contribution in [-0.4, -0.2) is 36.3 Å². The number of aromatic nitrogens is 2. The largest absolute Gasteiger partial charge is 0.376 e. The zero-order chi connectivity index (χ0) is 13.2. The molecule has 5 heteroatoms. The summed E-state index contributed by atoms with van der Waals surface area (Å²) < 4.78 is 5.67. The molecule has 1 aromatic carbocycles. The summed E-state index contributed by atoms with van der Waals surface area (Å²) in [4.78, 5) is 10.7. The number of nitrogens with zero attached hydrogens (tertiary/aromatic N) is 3. The Bertz CT molecular complexity index is 581. The number of nitrogens with two attached hydrogens (primary N) is 1. The molecule has 2 N–H and O–H groups in total. The Morgan fingerprint density at radius 2 is 2.21 bits per heavy atom. The van der Waals surface area contributed by atoms with Crippen LogP contribution in [0.5, 0.6) is 0 Å². The Morgan fingerprint density at radius 3 is 3.00 bits per heavy atom. The Balaban J connectivity index is 1.94. The molecular weight excluding hydrogens is 240 g/mol.